The molecule has 0 aromatic carbocycles. The van der Waals surface area contributed by atoms with Crippen molar-refractivity contribution in [2.24, 2.45) is 0 Å². The fourth-order valence-electron chi connectivity index (χ4n) is 1.43. The molecule has 4 nitrogen and oxygen atoms in total. The average molecular weight is 301 g/mol. The normalized spacial score (nSPS) is 10.9. The summed E-state index contributed by atoms with van der Waals surface area (Å²) in [5.74, 6) is 0.984. The first kappa shape index (κ1) is 11.8. The van der Waals surface area contributed by atoms with Crippen LogP contribution in [0.5, 0.6) is 0 Å². The molecule has 2 heterocycles. The van der Waals surface area contributed by atoms with E-state index < -0.39 is 0 Å². The Morgan fingerprint density at radius 1 is 1.50 bits per heavy atom. The fourth-order valence-corrected chi connectivity index (χ4v) is 2.85. The third-order valence-electron chi connectivity index (χ3n) is 2.20. The molecule has 0 aliphatic carbocycles. The van der Waals surface area contributed by atoms with Crippen LogP contribution in [0.4, 0.5) is 0 Å². The van der Waals surface area contributed by atoms with Crippen LogP contribution < -0.4 is 5.32 Å². The lowest BCUT2D eigenvalue weighted by Gasteiger charge is -2.03. The Morgan fingerprint density at radius 2 is 2.38 bits per heavy atom. The van der Waals surface area contributed by atoms with Gasteiger partial charge in [-0.15, -0.1) is 11.3 Å². The van der Waals surface area contributed by atoms with Crippen LogP contribution in [-0.4, -0.2) is 14.8 Å². The number of aryl methyl sites for hydroxylation is 1. The standard InChI is InChI=1S/C10H13BrN4S/c1-2-15-10(13-7-14-15)5-12-4-9-3-8(11)6-16-9/h3,6-7,12H,2,4-5H2,1H3. The van der Waals surface area contributed by atoms with Crippen LogP contribution in [0.25, 0.3) is 0 Å². The maximum absolute atomic E-state index is 4.21. The number of thiophene rings is 1. The monoisotopic (exact) mass is 300 g/mol. The summed E-state index contributed by atoms with van der Waals surface area (Å²) in [7, 11) is 0. The topological polar surface area (TPSA) is 42.7 Å². The van der Waals surface area contributed by atoms with E-state index in [1.54, 1.807) is 17.7 Å². The molecule has 0 amide bonds. The van der Waals surface area contributed by atoms with E-state index in [4.69, 9.17) is 0 Å². The number of nitrogens with zero attached hydrogens (tertiary/aromatic N) is 3. The molecule has 0 saturated carbocycles. The van der Waals surface area contributed by atoms with Crippen molar-refractivity contribution in [3.8, 4) is 0 Å². The summed E-state index contributed by atoms with van der Waals surface area (Å²) in [5.41, 5.74) is 0. The van der Waals surface area contributed by atoms with Crippen molar-refractivity contribution in [3.05, 3.63) is 32.9 Å². The predicted molar refractivity (Wildman–Crippen MR) is 68.3 cm³/mol. The lowest BCUT2D eigenvalue weighted by atomic mass is 10.4. The van der Waals surface area contributed by atoms with Gasteiger partial charge in [0.15, 0.2) is 0 Å². The van der Waals surface area contributed by atoms with Crippen LogP contribution in [0.15, 0.2) is 22.2 Å². The zero-order chi connectivity index (χ0) is 11.4. The number of aromatic nitrogens is 3. The Hall–Kier alpha value is -0.720. The second kappa shape index (κ2) is 5.56. The van der Waals surface area contributed by atoms with Gasteiger partial charge in [-0.2, -0.15) is 5.10 Å². The molecule has 2 aromatic rings. The zero-order valence-corrected chi connectivity index (χ0v) is 11.4. The number of hydrogen-bond donors (Lipinski definition) is 1. The summed E-state index contributed by atoms with van der Waals surface area (Å²) in [6, 6.07) is 2.13. The van der Waals surface area contributed by atoms with Gasteiger partial charge in [0.25, 0.3) is 0 Å². The highest BCUT2D eigenvalue weighted by Crippen LogP contribution is 2.19. The third kappa shape index (κ3) is 2.90. The Labute approximate surface area is 107 Å². The SMILES string of the molecule is CCn1ncnc1CNCc1cc(Br)cs1. The largest absolute Gasteiger partial charge is 0.305 e. The minimum Gasteiger partial charge on any atom is -0.305 e. The summed E-state index contributed by atoms with van der Waals surface area (Å²) in [5, 5.41) is 9.57. The Bertz CT molecular complexity index is 451. The summed E-state index contributed by atoms with van der Waals surface area (Å²) >= 11 is 5.19. The second-order valence-corrected chi connectivity index (χ2v) is 5.24. The van der Waals surface area contributed by atoms with Crippen LogP contribution >= 0.6 is 27.3 Å². The van der Waals surface area contributed by atoms with E-state index in [1.165, 1.54) is 4.88 Å². The van der Waals surface area contributed by atoms with Crippen molar-refractivity contribution in [2.75, 3.05) is 0 Å². The lowest BCUT2D eigenvalue weighted by Crippen LogP contribution is -2.16. The molecule has 0 aliphatic rings. The molecular weight excluding hydrogens is 288 g/mol. The molecule has 0 unspecified atom stereocenters. The molecule has 0 saturated heterocycles. The zero-order valence-electron chi connectivity index (χ0n) is 8.98. The molecule has 6 heteroatoms. The highest BCUT2D eigenvalue weighted by molar-refractivity contribution is 9.10. The van der Waals surface area contributed by atoms with E-state index in [-0.39, 0.29) is 0 Å². The highest BCUT2D eigenvalue weighted by atomic mass is 79.9. The summed E-state index contributed by atoms with van der Waals surface area (Å²) in [6.07, 6.45) is 1.60. The van der Waals surface area contributed by atoms with Crippen LogP contribution in [-0.2, 0) is 19.6 Å². The molecule has 0 aliphatic heterocycles. The second-order valence-electron chi connectivity index (χ2n) is 3.33. The summed E-state index contributed by atoms with van der Waals surface area (Å²) in [6.45, 7) is 4.55. The van der Waals surface area contributed by atoms with Crippen molar-refractivity contribution in [1.82, 2.24) is 20.1 Å². The van der Waals surface area contributed by atoms with E-state index in [2.05, 4.69) is 49.7 Å². The molecule has 2 aromatic heterocycles. The van der Waals surface area contributed by atoms with E-state index in [1.807, 2.05) is 4.68 Å². The molecular formula is C10H13BrN4S. The summed E-state index contributed by atoms with van der Waals surface area (Å²) in [4.78, 5) is 5.52. The van der Waals surface area contributed by atoms with Crippen molar-refractivity contribution in [3.63, 3.8) is 0 Å². The van der Waals surface area contributed by atoms with Crippen LogP contribution in [0.3, 0.4) is 0 Å². The molecule has 0 fully saturated rings. The minimum absolute atomic E-state index is 0.753. The van der Waals surface area contributed by atoms with Gasteiger partial charge in [0.05, 0.1) is 6.54 Å². The molecule has 0 spiro atoms. The smallest absolute Gasteiger partial charge is 0.140 e. The maximum atomic E-state index is 4.21. The van der Waals surface area contributed by atoms with Gasteiger partial charge in [0.2, 0.25) is 0 Å². The van der Waals surface area contributed by atoms with Crippen LogP contribution in [0.1, 0.15) is 17.6 Å². The highest BCUT2D eigenvalue weighted by Gasteiger charge is 2.02. The molecule has 2 rings (SSSR count). The quantitative estimate of drug-likeness (QED) is 0.922. The Kier molecular flexibility index (Phi) is 4.09. The van der Waals surface area contributed by atoms with Crippen molar-refractivity contribution < 1.29 is 0 Å². The first-order valence-electron chi connectivity index (χ1n) is 5.10. The first-order valence-corrected chi connectivity index (χ1v) is 6.77. The van der Waals surface area contributed by atoms with Crippen molar-refractivity contribution >= 4 is 27.3 Å². The number of hydrogen-bond acceptors (Lipinski definition) is 4. The van der Waals surface area contributed by atoms with Gasteiger partial charge in [-0.25, -0.2) is 9.67 Å². The number of halogens is 1. The fraction of sp³-hybridized carbons (Fsp3) is 0.400. The molecule has 86 valence electrons. The van der Waals surface area contributed by atoms with Gasteiger partial charge in [0, 0.05) is 27.8 Å². The van der Waals surface area contributed by atoms with E-state index >= 15 is 0 Å². The molecule has 16 heavy (non-hydrogen) atoms. The van der Waals surface area contributed by atoms with Gasteiger partial charge in [-0.05, 0) is 28.9 Å². The lowest BCUT2D eigenvalue weighted by molar-refractivity contribution is 0.574. The minimum atomic E-state index is 0.753. The maximum Gasteiger partial charge on any atom is 0.140 e. The summed E-state index contributed by atoms with van der Waals surface area (Å²) < 4.78 is 3.04. The Balaban J connectivity index is 1.84. The molecule has 1 N–H and O–H groups in total. The van der Waals surface area contributed by atoms with Gasteiger partial charge < -0.3 is 5.32 Å². The Morgan fingerprint density at radius 3 is 3.06 bits per heavy atom. The van der Waals surface area contributed by atoms with Crippen LogP contribution in [0, 0.1) is 0 Å². The van der Waals surface area contributed by atoms with Crippen LogP contribution in [0.2, 0.25) is 0 Å². The number of rotatable bonds is 5. The van der Waals surface area contributed by atoms with Crippen molar-refractivity contribution in [1.29, 1.82) is 0 Å². The molecule has 0 bridgehead atoms. The third-order valence-corrected chi connectivity index (χ3v) is 3.90. The van der Waals surface area contributed by atoms with Gasteiger partial charge in [0.1, 0.15) is 12.2 Å². The van der Waals surface area contributed by atoms with E-state index in [9.17, 15) is 0 Å². The van der Waals surface area contributed by atoms with Gasteiger partial charge >= 0.3 is 0 Å². The van der Waals surface area contributed by atoms with Crippen molar-refractivity contribution in [2.45, 2.75) is 26.6 Å². The van der Waals surface area contributed by atoms with E-state index in [0.29, 0.717) is 0 Å². The van der Waals surface area contributed by atoms with Gasteiger partial charge in [-0.1, -0.05) is 0 Å². The number of nitrogens with one attached hydrogen (secondary N) is 1. The average Bonchev–Trinajstić information content (AvgIpc) is 2.87. The first-order chi connectivity index (χ1) is 7.79. The van der Waals surface area contributed by atoms with E-state index in [0.717, 1.165) is 29.9 Å². The molecule has 0 atom stereocenters. The van der Waals surface area contributed by atoms with Gasteiger partial charge in [-0.3, -0.25) is 0 Å². The predicted octanol–water partition coefficient (Wildman–Crippen LogP) is 2.41. The molecule has 0 radical (unpaired) electrons.